The number of hydrogen-bond acceptors (Lipinski definition) is 8. The SMILES string of the molecule is CCn1cc(CN2C[C@H]3O[C@]4(C2)CN(c2nccc(OC)n2)C[C@@H]4[C@@H]3CO)cc1C#N. The van der Waals surface area contributed by atoms with Gasteiger partial charge in [0.2, 0.25) is 11.8 Å². The van der Waals surface area contributed by atoms with E-state index in [9.17, 15) is 10.4 Å². The molecule has 0 saturated carbocycles. The Labute approximate surface area is 181 Å². The number of aryl methyl sites for hydroxylation is 1. The summed E-state index contributed by atoms with van der Waals surface area (Å²) >= 11 is 0. The molecule has 3 saturated heterocycles. The van der Waals surface area contributed by atoms with Gasteiger partial charge in [-0.1, -0.05) is 0 Å². The van der Waals surface area contributed by atoms with Gasteiger partial charge in [0.15, 0.2) is 0 Å². The maximum Gasteiger partial charge on any atom is 0.228 e. The lowest BCUT2D eigenvalue weighted by Crippen LogP contribution is -2.53. The lowest BCUT2D eigenvalue weighted by Gasteiger charge is -2.40. The van der Waals surface area contributed by atoms with E-state index in [1.54, 1.807) is 19.4 Å². The average molecular weight is 425 g/mol. The molecule has 5 heterocycles. The second-order valence-electron chi connectivity index (χ2n) is 8.75. The van der Waals surface area contributed by atoms with E-state index in [1.165, 1.54) is 0 Å². The first kappa shape index (κ1) is 20.2. The van der Waals surface area contributed by atoms with Crippen LogP contribution in [0, 0.1) is 23.2 Å². The fourth-order valence-corrected chi connectivity index (χ4v) is 5.67. The van der Waals surface area contributed by atoms with Crippen LogP contribution < -0.4 is 9.64 Å². The maximum absolute atomic E-state index is 10.2. The molecule has 3 aliphatic rings. The zero-order valence-corrected chi connectivity index (χ0v) is 17.9. The normalized spacial score (nSPS) is 29.7. The zero-order chi connectivity index (χ0) is 21.6. The van der Waals surface area contributed by atoms with Crippen molar-refractivity contribution in [2.45, 2.75) is 31.7 Å². The van der Waals surface area contributed by atoms with Crippen LogP contribution in [0.3, 0.4) is 0 Å². The van der Waals surface area contributed by atoms with E-state index in [2.05, 4.69) is 32.0 Å². The Balaban J connectivity index is 1.38. The number of morpholine rings is 1. The molecule has 2 aromatic rings. The highest BCUT2D eigenvalue weighted by atomic mass is 16.5. The molecule has 3 fully saturated rings. The standard InChI is InChI=1S/C22H28N6O3/c1-3-27-9-15(6-16(27)7-23)8-26-11-19-17(12-29)18-10-28(14-22(18,13-26)31-19)21-24-5-4-20(25-21)30-2/h4-6,9,17-19,29H,3,8,10-14H2,1-2H3/t17-,18+,19+,22+/m0/s1. The quantitative estimate of drug-likeness (QED) is 0.730. The summed E-state index contributed by atoms with van der Waals surface area (Å²) in [5.41, 5.74) is 1.48. The first-order valence-corrected chi connectivity index (χ1v) is 10.8. The van der Waals surface area contributed by atoms with Gasteiger partial charge in [-0.25, -0.2) is 4.98 Å². The molecular weight excluding hydrogens is 396 g/mol. The van der Waals surface area contributed by atoms with Crippen molar-refractivity contribution in [2.75, 3.05) is 44.8 Å². The molecule has 2 bridgehead atoms. The number of rotatable bonds is 6. The maximum atomic E-state index is 10.2. The number of aromatic nitrogens is 3. The third-order valence-electron chi connectivity index (χ3n) is 7.00. The molecule has 0 amide bonds. The van der Waals surface area contributed by atoms with Crippen LogP contribution in [0.5, 0.6) is 5.88 Å². The number of methoxy groups -OCH3 is 1. The van der Waals surface area contributed by atoms with Gasteiger partial charge >= 0.3 is 0 Å². The van der Waals surface area contributed by atoms with Gasteiger partial charge in [0, 0.05) is 69.6 Å². The van der Waals surface area contributed by atoms with E-state index in [4.69, 9.17) is 9.47 Å². The molecule has 0 aromatic carbocycles. The Morgan fingerprint density at radius 3 is 2.97 bits per heavy atom. The molecule has 3 aliphatic heterocycles. The first-order valence-electron chi connectivity index (χ1n) is 10.8. The predicted molar refractivity (Wildman–Crippen MR) is 113 cm³/mol. The van der Waals surface area contributed by atoms with Gasteiger partial charge in [-0.05, 0) is 18.6 Å². The minimum absolute atomic E-state index is 0.0147. The van der Waals surface area contributed by atoms with Gasteiger partial charge in [0.1, 0.15) is 17.4 Å². The monoisotopic (exact) mass is 424 g/mol. The number of nitrogens with zero attached hydrogens (tertiary/aromatic N) is 6. The van der Waals surface area contributed by atoms with Gasteiger partial charge in [-0.2, -0.15) is 10.2 Å². The molecule has 31 heavy (non-hydrogen) atoms. The molecule has 1 spiro atoms. The van der Waals surface area contributed by atoms with Gasteiger partial charge in [0.05, 0.1) is 19.8 Å². The van der Waals surface area contributed by atoms with Crippen LogP contribution in [0.2, 0.25) is 0 Å². The zero-order valence-electron chi connectivity index (χ0n) is 17.9. The van der Waals surface area contributed by atoms with E-state index < -0.39 is 0 Å². The number of aliphatic hydroxyl groups is 1. The highest BCUT2D eigenvalue weighted by molar-refractivity contribution is 5.38. The van der Waals surface area contributed by atoms with Crippen molar-refractivity contribution in [3.8, 4) is 11.9 Å². The summed E-state index contributed by atoms with van der Waals surface area (Å²) in [4.78, 5) is 13.5. The number of likely N-dealkylation sites (tertiary alicyclic amines) is 1. The minimum Gasteiger partial charge on any atom is -0.481 e. The van der Waals surface area contributed by atoms with Crippen LogP contribution in [-0.2, 0) is 17.8 Å². The van der Waals surface area contributed by atoms with Crippen LogP contribution >= 0.6 is 0 Å². The van der Waals surface area contributed by atoms with Crippen LogP contribution in [0.25, 0.3) is 0 Å². The Hall–Kier alpha value is -2.67. The van der Waals surface area contributed by atoms with Crippen molar-refractivity contribution in [1.29, 1.82) is 5.26 Å². The second-order valence-corrected chi connectivity index (χ2v) is 8.75. The molecule has 0 aliphatic carbocycles. The molecule has 1 N–H and O–H groups in total. The first-order chi connectivity index (χ1) is 15.1. The van der Waals surface area contributed by atoms with Gasteiger partial charge in [0.25, 0.3) is 0 Å². The third kappa shape index (κ3) is 3.35. The molecule has 2 aromatic heterocycles. The number of hydrogen-bond donors (Lipinski definition) is 1. The molecule has 0 radical (unpaired) electrons. The number of aliphatic hydroxyl groups excluding tert-OH is 1. The smallest absolute Gasteiger partial charge is 0.228 e. The molecule has 164 valence electrons. The van der Waals surface area contributed by atoms with E-state index in [0.717, 1.165) is 38.3 Å². The van der Waals surface area contributed by atoms with Crippen molar-refractivity contribution < 1.29 is 14.6 Å². The third-order valence-corrected chi connectivity index (χ3v) is 7.00. The van der Waals surface area contributed by atoms with E-state index in [-0.39, 0.29) is 30.1 Å². The number of nitriles is 1. The van der Waals surface area contributed by atoms with Gasteiger partial charge in [-0.15, -0.1) is 0 Å². The number of ether oxygens (including phenoxy) is 2. The van der Waals surface area contributed by atoms with E-state index in [0.29, 0.717) is 24.1 Å². The predicted octanol–water partition coefficient (Wildman–Crippen LogP) is 0.876. The Morgan fingerprint density at radius 2 is 2.26 bits per heavy atom. The lowest BCUT2D eigenvalue weighted by molar-refractivity contribution is -0.112. The summed E-state index contributed by atoms with van der Waals surface area (Å²) in [5, 5.41) is 19.5. The Morgan fingerprint density at radius 1 is 1.39 bits per heavy atom. The van der Waals surface area contributed by atoms with Crippen molar-refractivity contribution in [1.82, 2.24) is 19.4 Å². The molecule has 9 heteroatoms. The molecule has 0 unspecified atom stereocenters. The number of anilines is 1. The van der Waals surface area contributed by atoms with Crippen molar-refractivity contribution in [3.63, 3.8) is 0 Å². The molecular formula is C22H28N6O3. The number of fused-ring (bicyclic) bond motifs is 1. The highest BCUT2D eigenvalue weighted by Crippen LogP contribution is 2.49. The van der Waals surface area contributed by atoms with E-state index in [1.807, 2.05) is 17.6 Å². The van der Waals surface area contributed by atoms with Crippen LogP contribution in [0.4, 0.5) is 5.95 Å². The van der Waals surface area contributed by atoms with Gasteiger partial charge < -0.3 is 24.0 Å². The van der Waals surface area contributed by atoms with Crippen LogP contribution in [0.1, 0.15) is 18.2 Å². The largest absolute Gasteiger partial charge is 0.481 e. The summed E-state index contributed by atoms with van der Waals surface area (Å²) in [7, 11) is 1.60. The van der Waals surface area contributed by atoms with Gasteiger partial charge in [-0.3, -0.25) is 4.90 Å². The molecule has 4 atom stereocenters. The lowest BCUT2D eigenvalue weighted by atomic mass is 9.83. The summed E-state index contributed by atoms with van der Waals surface area (Å²) in [6.07, 6.45) is 3.79. The topological polar surface area (TPSA) is 99.7 Å². The Kier molecular flexibility index (Phi) is 5.08. The summed E-state index contributed by atoms with van der Waals surface area (Å²) < 4.78 is 13.8. The highest BCUT2D eigenvalue weighted by Gasteiger charge is 2.62. The van der Waals surface area contributed by atoms with Crippen LogP contribution in [-0.4, -0.2) is 76.1 Å². The average Bonchev–Trinajstić information content (AvgIpc) is 3.40. The van der Waals surface area contributed by atoms with Crippen molar-refractivity contribution >= 4 is 5.95 Å². The summed E-state index contributed by atoms with van der Waals surface area (Å²) in [6.45, 7) is 6.72. The summed E-state index contributed by atoms with van der Waals surface area (Å²) in [6, 6.07) is 5.99. The molecule has 9 nitrogen and oxygen atoms in total. The van der Waals surface area contributed by atoms with Crippen LogP contribution in [0.15, 0.2) is 24.5 Å². The summed E-state index contributed by atoms with van der Waals surface area (Å²) in [5.74, 6) is 1.49. The Bertz CT molecular complexity index is 1000. The fraction of sp³-hybridized carbons (Fsp3) is 0.591. The fourth-order valence-electron chi connectivity index (χ4n) is 5.67. The second kappa shape index (κ2) is 7.79. The van der Waals surface area contributed by atoms with Crippen molar-refractivity contribution in [2.24, 2.45) is 11.8 Å². The van der Waals surface area contributed by atoms with E-state index >= 15 is 0 Å². The van der Waals surface area contributed by atoms with Crippen molar-refractivity contribution in [3.05, 3.63) is 35.8 Å². The molecule has 5 rings (SSSR count). The minimum atomic E-state index is -0.353.